The molecule has 0 spiro atoms. The van der Waals surface area contributed by atoms with E-state index in [1.165, 1.54) is 25.1 Å². The molecule has 11 heteroatoms. The lowest BCUT2D eigenvalue weighted by Crippen LogP contribution is -2.47. The summed E-state index contributed by atoms with van der Waals surface area (Å²) >= 11 is 1.45. The number of nitrogens with zero attached hydrogens (tertiary/aromatic N) is 1. The molecule has 6 rings (SSSR count). The van der Waals surface area contributed by atoms with Crippen LogP contribution in [0.2, 0.25) is 0 Å². The smallest absolute Gasteiger partial charge is 0.328 e. The number of urea groups is 1. The Morgan fingerprint density at radius 2 is 1.60 bits per heavy atom. The number of aromatic nitrogens is 1. The number of pyridine rings is 1. The second kappa shape index (κ2) is 17.8. The van der Waals surface area contributed by atoms with E-state index < -0.39 is 24.3 Å². The second-order valence-corrected chi connectivity index (χ2v) is 13.4. The molecule has 1 aromatic heterocycles. The molecule has 2 heterocycles. The maximum atomic E-state index is 12.9. The maximum absolute atomic E-state index is 12.9. The number of rotatable bonds is 13. The highest BCUT2D eigenvalue weighted by molar-refractivity contribution is 7.99. The number of ether oxygens (including phenoxy) is 3. The van der Waals surface area contributed by atoms with Crippen LogP contribution in [0.5, 0.6) is 0 Å². The highest BCUT2D eigenvalue weighted by atomic mass is 32.2. The van der Waals surface area contributed by atoms with E-state index in [9.17, 15) is 19.9 Å². The van der Waals surface area contributed by atoms with Crippen LogP contribution in [0.3, 0.4) is 0 Å². The highest BCUT2D eigenvalue weighted by Crippen LogP contribution is 2.40. The molecule has 4 atom stereocenters. The minimum atomic E-state index is -0.835. The molecule has 1 aliphatic rings. The topological polar surface area (TPSA) is 133 Å². The minimum absolute atomic E-state index is 0.0353. The summed E-state index contributed by atoms with van der Waals surface area (Å²) in [5, 5.41) is 28.1. The number of carbonyl (C=O) groups excluding carboxylic acids is 2. The summed E-state index contributed by atoms with van der Waals surface area (Å²) in [5.74, 6) is 0.0453. The molecule has 0 radical (unpaired) electrons. The first-order chi connectivity index (χ1) is 25.4. The van der Waals surface area contributed by atoms with Crippen molar-refractivity contribution >= 4 is 23.8 Å². The van der Waals surface area contributed by atoms with Gasteiger partial charge in [0.15, 0.2) is 12.5 Å². The molecular weight excluding hydrogens is 679 g/mol. The molecule has 1 aliphatic heterocycles. The number of aliphatic hydroxyl groups excluding tert-OH is 1. The third-order valence-electron chi connectivity index (χ3n) is 8.84. The van der Waals surface area contributed by atoms with Crippen molar-refractivity contribution in [3.63, 3.8) is 0 Å². The quantitative estimate of drug-likeness (QED) is 0.0552. The third kappa shape index (κ3) is 9.56. The fourth-order valence-corrected chi connectivity index (χ4v) is 7.01. The summed E-state index contributed by atoms with van der Waals surface area (Å²) in [4.78, 5) is 25.4. The number of methoxy groups -OCH3 is 1. The van der Waals surface area contributed by atoms with Gasteiger partial charge in [0, 0.05) is 42.8 Å². The number of esters is 1. The van der Waals surface area contributed by atoms with Crippen LogP contribution in [0.25, 0.3) is 11.1 Å². The Bertz CT molecular complexity index is 1930. The van der Waals surface area contributed by atoms with Gasteiger partial charge in [-0.2, -0.15) is 4.73 Å². The van der Waals surface area contributed by atoms with Gasteiger partial charge in [0.05, 0.1) is 25.9 Å². The van der Waals surface area contributed by atoms with Gasteiger partial charge in [-0.05, 0) is 39.4 Å². The van der Waals surface area contributed by atoms with Crippen molar-refractivity contribution in [2.45, 2.75) is 55.6 Å². The van der Waals surface area contributed by atoms with Gasteiger partial charge in [-0.1, -0.05) is 115 Å². The summed E-state index contributed by atoms with van der Waals surface area (Å²) < 4.78 is 18.8. The van der Waals surface area contributed by atoms with E-state index in [0.717, 1.165) is 43.7 Å². The van der Waals surface area contributed by atoms with Gasteiger partial charge in [0.2, 0.25) is 0 Å². The molecule has 2 amide bonds. The molecule has 5 aromatic rings. The molecule has 52 heavy (non-hydrogen) atoms. The molecule has 4 aromatic carbocycles. The maximum Gasteiger partial charge on any atom is 0.328 e. The van der Waals surface area contributed by atoms with E-state index in [1.54, 1.807) is 12.1 Å². The van der Waals surface area contributed by atoms with E-state index in [-0.39, 0.29) is 25.4 Å². The Balaban J connectivity index is 1.14. The number of thioether (sulfide) groups is 1. The van der Waals surface area contributed by atoms with Crippen LogP contribution in [0.15, 0.2) is 133 Å². The Labute approximate surface area is 307 Å². The fraction of sp³-hybridized carbons (Fsp3) is 0.244. The SMILES string of the molecule is COC(=O)[C@H](Cc1ccccc1)NC(=O)NCc1ccccc1-c1ccc([C@@H]2O[C@H](CSc3cccc[n+]3[O-])C[C@H](c3ccc(CO)cc3)O2)cc1. The summed E-state index contributed by atoms with van der Waals surface area (Å²) in [7, 11) is 1.30. The number of carbonyl (C=O) groups is 2. The standard InChI is InChI=1S/C41H41N3O7S/c1-49-39(46)36(23-28-9-3-2-4-10-28)43-41(47)42-25-33-11-5-6-12-35(33)30-18-20-32(21-19-30)40-50-34(27-52-38-13-7-8-22-44(38)48)24-37(51-40)31-16-14-29(26-45)15-17-31/h2-22,34,36-37,40,45H,23-27H2,1H3,(H2,42,43,47)/t34-,36-,37+,40+/m0/s1. The summed E-state index contributed by atoms with van der Waals surface area (Å²) in [5.41, 5.74) is 6.34. The molecule has 10 nitrogen and oxygen atoms in total. The fourth-order valence-electron chi connectivity index (χ4n) is 6.07. The van der Waals surface area contributed by atoms with Gasteiger partial charge in [-0.15, -0.1) is 0 Å². The monoisotopic (exact) mass is 719 g/mol. The van der Waals surface area contributed by atoms with Gasteiger partial charge >= 0.3 is 12.0 Å². The van der Waals surface area contributed by atoms with E-state index in [1.807, 2.05) is 109 Å². The molecule has 1 saturated heterocycles. The van der Waals surface area contributed by atoms with Crippen molar-refractivity contribution in [1.82, 2.24) is 10.6 Å². The van der Waals surface area contributed by atoms with Crippen molar-refractivity contribution in [1.29, 1.82) is 0 Å². The first-order valence-electron chi connectivity index (χ1n) is 17.1. The van der Waals surface area contributed by atoms with E-state index >= 15 is 0 Å². The van der Waals surface area contributed by atoms with Gasteiger partial charge < -0.3 is 35.2 Å². The molecule has 0 saturated carbocycles. The zero-order chi connectivity index (χ0) is 36.3. The second-order valence-electron chi connectivity index (χ2n) is 12.4. The van der Waals surface area contributed by atoms with Gasteiger partial charge in [0.1, 0.15) is 6.04 Å². The zero-order valence-corrected chi connectivity index (χ0v) is 29.5. The molecular formula is C41H41N3O7S. The molecule has 0 bridgehead atoms. The Morgan fingerprint density at radius 1 is 0.885 bits per heavy atom. The minimum Gasteiger partial charge on any atom is -0.618 e. The lowest BCUT2D eigenvalue weighted by molar-refractivity contribution is -0.645. The highest BCUT2D eigenvalue weighted by Gasteiger charge is 2.33. The van der Waals surface area contributed by atoms with E-state index in [4.69, 9.17) is 14.2 Å². The van der Waals surface area contributed by atoms with Crippen molar-refractivity contribution in [2.75, 3.05) is 12.9 Å². The van der Waals surface area contributed by atoms with Crippen LogP contribution in [0, 0.1) is 5.21 Å². The first-order valence-corrected chi connectivity index (χ1v) is 18.0. The van der Waals surface area contributed by atoms with Crippen LogP contribution in [0.1, 0.15) is 46.6 Å². The van der Waals surface area contributed by atoms with Gasteiger partial charge in [-0.25, -0.2) is 9.59 Å². The molecule has 0 aliphatic carbocycles. The normalized spacial score (nSPS) is 17.5. The van der Waals surface area contributed by atoms with Crippen molar-refractivity contribution in [2.24, 2.45) is 0 Å². The van der Waals surface area contributed by atoms with Crippen LogP contribution >= 0.6 is 11.8 Å². The molecule has 1 fully saturated rings. The molecule has 0 unspecified atom stereocenters. The first kappa shape index (κ1) is 36.6. The van der Waals surface area contributed by atoms with Crippen molar-refractivity contribution in [3.05, 3.63) is 161 Å². The van der Waals surface area contributed by atoms with Gasteiger partial charge in [0.25, 0.3) is 5.03 Å². The predicted octanol–water partition coefficient (Wildman–Crippen LogP) is 6.40. The zero-order valence-electron chi connectivity index (χ0n) is 28.7. The number of aliphatic hydroxyl groups is 1. The van der Waals surface area contributed by atoms with E-state index in [0.29, 0.717) is 23.6 Å². The Kier molecular flexibility index (Phi) is 12.5. The average Bonchev–Trinajstić information content (AvgIpc) is 3.19. The van der Waals surface area contributed by atoms with Crippen molar-refractivity contribution < 1.29 is 33.6 Å². The summed E-state index contributed by atoms with van der Waals surface area (Å²) in [6, 6.07) is 37.0. The largest absolute Gasteiger partial charge is 0.618 e. The van der Waals surface area contributed by atoms with Crippen LogP contribution in [-0.2, 0) is 38.6 Å². The molecule has 3 N–H and O–H groups in total. The summed E-state index contributed by atoms with van der Waals surface area (Å²) in [6.07, 6.45) is 1.30. The van der Waals surface area contributed by atoms with Crippen LogP contribution in [0.4, 0.5) is 4.79 Å². The number of amides is 2. The Hall–Kier alpha value is -5.20. The third-order valence-corrected chi connectivity index (χ3v) is 10.00. The van der Waals surface area contributed by atoms with Gasteiger partial charge in [-0.3, -0.25) is 0 Å². The number of hydrogen-bond acceptors (Lipinski definition) is 8. The lowest BCUT2D eigenvalue weighted by atomic mass is 9.98. The van der Waals surface area contributed by atoms with Crippen LogP contribution in [-0.4, -0.2) is 42.1 Å². The lowest BCUT2D eigenvalue weighted by Gasteiger charge is -2.36. The average molecular weight is 720 g/mol. The number of benzene rings is 4. The van der Waals surface area contributed by atoms with Crippen molar-refractivity contribution in [3.8, 4) is 11.1 Å². The number of hydrogen-bond donors (Lipinski definition) is 3. The summed E-state index contributed by atoms with van der Waals surface area (Å²) in [6.45, 7) is 0.200. The van der Waals surface area contributed by atoms with E-state index in [2.05, 4.69) is 10.6 Å². The number of nitrogens with one attached hydrogen (secondary N) is 2. The predicted molar refractivity (Wildman–Crippen MR) is 198 cm³/mol. The Morgan fingerprint density at radius 3 is 2.33 bits per heavy atom. The van der Waals surface area contributed by atoms with Crippen LogP contribution < -0.4 is 15.4 Å². The molecule has 268 valence electrons.